The van der Waals surface area contributed by atoms with Gasteiger partial charge in [0.15, 0.2) is 0 Å². The van der Waals surface area contributed by atoms with Gasteiger partial charge in [0.05, 0.1) is 0 Å². The second kappa shape index (κ2) is 2.57. The highest BCUT2D eigenvalue weighted by Crippen LogP contribution is 2.11. The van der Waals surface area contributed by atoms with Gasteiger partial charge in [0.2, 0.25) is 0 Å². The van der Waals surface area contributed by atoms with E-state index >= 15 is 0 Å². The largest absolute Gasteiger partial charge is 0.276 e. The van der Waals surface area contributed by atoms with E-state index < -0.39 is 5.24 Å². The molecule has 0 saturated carbocycles. The van der Waals surface area contributed by atoms with Crippen LogP contribution in [0, 0.1) is 0 Å². The molecule has 0 atom stereocenters. The van der Waals surface area contributed by atoms with Gasteiger partial charge in [-0.2, -0.15) is 15.4 Å². The summed E-state index contributed by atoms with van der Waals surface area (Å²) in [4.78, 5) is 10.7. The summed E-state index contributed by atoms with van der Waals surface area (Å²) in [7, 11) is 0. The molecule has 5 heteroatoms. The third-order valence-corrected chi connectivity index (χ3v) is 1.76. The first-order valence-corrected chi connectivity index (χ1v) is 3.65. The van der Waals surface area contributed by atoms with Crippen molar-refractivity contribution in [2.75, 3.05) is 0 Å². The average molecular weight is 182 g/mol. The zero-order valence-electron chi connectivity index (χ0n) is 5.91. The molecule has 0 spiro atoms. The molecule has 0 amide bonds. The minimum Gasteiger partial charge on any atom is -0.276 e. The molecular formula is C7H4ClN3O. The molecule has 60 valence electrons. The predicted molar refractivity (Wildman–Crippen MR) is 44.1 cm³/mol. The van der Waals surface area contributed by atoms with Crippen LogP contribution in [0.4, 0.5) is 0 Å². The van der Waals surface area contributed by atoms with Gasteiger partial charge in [-0.25, -0.2) is 0 Å². The minimum atomic E-state index is -0.486. The van der Waals surface area contributed by atoms with Crippen molar-refractivity contribution in [3.8, 4) is 0 Å². The van der Waals surface area contributed by atoms with Crippen molar-refractivity contribution in [3.63, 3.8) is 0 Å². The summed E-state index contributed by atoms with van der Waals surface area (Å²) in [6, 6.07) is 4.89. The number of benzene rings is 1. The predicted octanol–water partition coefficient (Wildman–Crippen LogP) is 1.34. The van der Waals surface area contributed by atoms with Crippen molar-refractivity contribution in [3.05, 3.63) is 23.8 Å². The highest BCUT2D eigenvalue weighted by atomic mass is 35.5. The lowest BCUT2D eigenvalue weighted by molar-refractivity contribution is 0.108. The molecule has 1 aromatic heterocycles. The second-order valence-electron chi connectivity index (χ2n) is 2.30. The first kappa shape index (κ1) is 7.24. The van der Waals surface area contributed by atoms with Crippen LogP contribution in [-0.2, 0) is 0 Å². The molecule has 4 nitrogen and oxygen atoms in total. The molecular weight excluding hydrogens is 178 g/mol. The van der Waals surface area contributed by atoms with E-state index in [9.17, 15) is 4.79 Å². The van der Waals surface area contributed by atoms with Crippen LogP contribution >= 0.6 is 11.6 Å². The molecule has 1 N–H and O–H groups in total. The van der Waals surface area contributed by atoms with Crippen LogP contribution < -0.4 is 0 Å². The van der Waals surface area contributed by atoms with Crippen molar-refractivity contribution in [2.24, 2.45) is 0 Å². The fraction of sp³-hybridized carbons (Fsp3) is 0. The number of nitrogens with zero attached hydrogens (tertiary/aromatic N) is 2. The number of hydrogen-bond donors (Lipinski definition) is 1. The van der Waals surface area contributed by atoms with Gasteiger partial charge in [-0.3, -0.25) is 4.79 Å². The molecule has 0 unspecified atom stereocenters. The number of rotatable bonds is 1. The van der Waals surface area contributed by atoms with Gasteiger partial charge >= 0.3 is 0 Å². The van der Waals surface area contributed by atoms with Gasteiger partial charge in [0.25, 0.3) is 5.24 Å². The van der Waals surface area contributed by atoms with Crippen molar-refractivity contribution >= 4 is 27.9 Å². The summed E-state index contributed by atoms with van der Waals surface area (Å²) in [6.45, 7) is 0. The smallest absolute Gasteiger partial charge is 0.252 e. The van der Waals surface area contributed by atoms with Crippen LogP contribution in [0.2, 0.25) is 0 Å². The summed E-state index contributed by atoms with van der Waals surface area (Å²) in [5.41, 5.74) is 1.79. The maximum atomic E-state index is 10.7. The molecule has 0 aliphatic rings. The molecule has 12 heavy (non-hydrogen) atoms. The molecule has 0 radical (unpaired) electrons. The first-order valence-electron chi connectivity index (χ1n) is 3.28. The second-order valence-corrected chi connectivity index (χ2v) is 2.64. The van der Waals surface area contributed by atoms with Crippen molar-refractivity contribution in [1.82, 2.24) is 15.4 Å². The van der Waals surface area contributed by atoms with Crippen LogP contribution in [0.25, 0.3) is 11.0 Å². The fourth-order valence-electron chi connectivity index (χ4n) is 0.963. The summed E-state index contributed by atoms with van der Waals surface area (Å²) in [5.74, 6) is 0. The number of aromatic amines is 1. The minimum absolute atomic E-state index is 0.429. The van der Waals surface area contributed by atoms with E-state index in [-0.39, 0.29) is 0 Å². The lowest BCUT2D eigenvalue weighted by Gasteiger charge is -1.90. The van der Waals surface area contributed by atoms with Crippen LogP contribution in [0.15, 0.2) is 18.2 Å². The third-order valence-electron chi connectivity index (χ3n) is 1.54. The Morgan fingerprint density at radius 2 is 2.08 bits per heavy atom. The monoisotopic (exact) mass is 181 g/mol. The van der Waals surface area contributed by atoms with Crippen LogP contribution in [0.5, 0.6) is 0 Å². The zero-order chi connectivity index (χ0) is 8.55. The topological polar surface area (TPSA) is 58.6 Å². The number of carbonyl (C=O) groups excluding carboxylic acids is 1. The number of nitrogens with one attached hydrogen (secondary N) is 1. The van der Waals surface area contributed by atoms with Crippen molar-refractivity contribution in [1.29, 1.82) is 0 Å². The van der Waals surface area contributed by atoms with E-state index in [0.717, 1.165) is 5.52 Å². The van der Waals surface area contributed by atoms with E-state index in [1.165, 1.54) is 0 Å². The lowest BCUT2D eigenvalue weighted by Crippen LogP contribution is -1.87. The van der Waals surface area contributed by atoms with E-state index in [1.807, 2.05) is 0 Å². The highest BCUT2D eigenvalue weighted by molar-refractivity contribution is 6.67. The quantitative estimate of drug-likeness (QED) is 0.676. The molecule has 1 aromatic carbocycles. The maximum Gasteiger partial charge on any atom is 0.252 e. The molecule has 0 bridgehead atoms. The number of halogens is 1. The standard InChI is InChI=1S/C7H4ClN3O/c8-7(12)4-1-2-5-6(3-4)10-11-9-5/h1-3H,(H,9,10,11). The zero-order valence-corrected chi connectivity index (χ0v) is 6.67. The van der Waals surface area contributed by atoms with Gasteiger partial charge in [0.1, 0.15) is 11.0 Å². The van der Waals surface area contributed by atoms with Gasteiger partial charge in [-0.15, -0.1) is 0 Å². The molecule has 2 rings (SSSR count). The highest BCUT2D eigenvalue weighted by Gasteiger charge is 2.04. The van der Waals surface area contributed by atoms with Gasteiger partial charge in [0, 0.05) is 5.56 Å². The Hall–Kier alpha value is -1.42. The summed E-state index contributed by atoms with van der Waals surface area (Å²) >= 11 is 5.27. The Morgan fingerprint density at radius 3 is 2.83 bits per heavy atom. The number of aromatic nitrogens is 3. The Morgan fingerprint density at radius 1 is 1.33 bits per heavy atom. The molecule has 0 aliphatic carbocycles. The maximum absolute atomic E-state index is 10.7. The van der Waals surface area contributed by atoms with E-state index in [1.54, 1.807) is 18.2 Å². The number of fused-ring (bicyclic) bond motifs is 1. The van der Waals surface area contributed by atoms with Crippen LogP contribution in [0.3, 0.4) is 0 Å². The summed E-state index contributed by atoms with van der Waals surface area (Å²) in [5, 5.41) is 9.61. The third kappa shape index (κ3) is 1.06. The number of H-pyrrole nitrogens is 1. The molecule has 1 heterocycles. The van der Waals surface area contributed by atoms with Crippen LogP contribution in [0.1, 0.15) is 10.4 Å². The van der Waals surface area contributed by atoms with Crippen molar-refractivity contribution < 1.29 is 4.79 Å². The molecule has 0 fully saturated rings. The Bertz CT molecular complexity index is 437. The average Bonchev–Trinajstić information content (AvgIpc) is 2.49. The Labute approximate surface area is 72.5 Å². The summed E-state index contributed by atoms with van der Waals surface area (Å²) < 4.78 is 0. The lowest BCUT2D eigenvalue weighted by atomic mass is 10.2. The molecule has 2 aromatic rings. The first-order chi connectivity index (χ1) is 5.77. The Balaban J connectivity index is 2.68. The van der Waals surface area contributed by atoms with E-state index in [0.29, 0.717) is 11.1 Å². The van der Waals surface area contributed by atoms with E-state index in [4.69, 9.17) is 11.6 Å². The van der Waals surface area contributed by atoms with Gasteiger partial charge < -0.3 is 0 Å². The van der Waals surface area contributed by atoms with Crippen LogP contribution in [-0.4, -0.2) is 20.7 Å². The normalized spacial score (nSPS) is 10.4. The molecule has 0 aliphatic heterocycles. The Kier molecular flexibility index (Phi) is 1.55. The van der Waals surface area contributed by atoms with Gasteiger partial charge in [-0.1, -0.05) is 0 Å². The number of carbonyl (C=O) groups is 1. The van der Waals surface area contributed by atoms with Crippen molar-refractivity contribution in [2.45, 2.75) is 0 Å². The summed E-state index contributed by atoms with van der Waals surface area (Å²) in [6.07, 6.45) is 0. The fourth-order valence-corrected chi connectivity index (χ4v) is 1.08. The molecule has 0 saturated heterocycles. The van der Waals surface area contributed by atoms with Gasteiger partial charge in [-0.05, 0) is 29.8 Å². The van der Waals surface area contributed by atoms with E-state index in [2.05, 4.69) is 15.4 Å². The number of hydrogen-bond acceptors (Lipinski definition) is 3. The SMILES string of the molecule is O=C(Cl)c1ccc2n[nH]nc2c1.